The second-order valence-corrected chi connectivity index (χ2v) is 8.41. The number of nitrogens with zero attached hydrogens (tertiary/aromatic N) is 2. The van der Waals surface area contributed by atoms with Gasteiger partial charge in [-0.05, 0) is 63.8 Å². The summed E-state index contributed by atoms with van der Waals surface area (Å²) in [5.41, 5.74) is 1.58. The highest BCUT2D eigenvalue weighted by molar-refractivity contribution is 6.62. The minimum atomic E-state index is -0.426. The molecule has 1 aromatic carbocycles. The molecule has 1 unspecified atom stereocenters. The molecule has 0 aliphatic carbocycles. The van der Waals surface area contributed by atoms with E-state index < -0.39 is 24.1 Å². The van der Waals surface area contributed by atoms with Gasteiger partial charge in [-0.3, -0.25) is 9.78 Å². The van der Waals surface area contributed by atoms with Crippen molar-refractivity contribution in [2.45, 2.75) is 51.2 Å². The van der Waals surface area contributed by atoms with Crippen molar-refractivity contribution < 1.29 is 18.5 Å². The summed E-state index contributed by atoms with van der Waals surface area (Å²) in [4.78, 5) is 18.7. The van der Waals surface area contributed by atoms with Crippen molar-refractivity contribution in [1.82, 2.24) is 4.98 Å². The lowest BCUT2D eigenvalue weighted by Crippen LogP contribution is -2.41. The molecule has 5 nitrogen and oxygen atoms in total. The highest BCUT2D eigenvalue weighted by Gasteiger charge is 2.51. The molecule has 0 spiro atoms. The van der Waals surface area contributed by atoms with E-state index >= 15 is 0 Å². The Kier molecular flexibility index (Phi) is 4.55. The summed E-state index contributed by atoms with van der Waals surface area (Å²) in [7, 11) is -0.426. The summed E-state index contributed by atoms with van der Waals surface area (Å²) in [5, 5.41) is 0. The molecule has 1 atom stereocenters. The predicted molar refractivity (Wildman–Crippen MR) is 106 cm³/mol. The topological polar surface area (TPSA) is 51.7 Å². The molecule has 4 rings (SSSR count). The van der Waals surface area contributed by atoms with Gasteiger partial charge in [0.1, 0.15) is 5.82 Å². The number of carbonyl (C=O) groups is 1. The lowest BCUT2D eigenvalue weighted by molar-refractivity contribution is -0.118. The highest BCUT2D eigenvalue weighted by Crippen LogP contribution is 2.37. The third-order valence-electron chi connectivity index (χ3n) is 6.04. The Labute approximate surface area is 165 Å². The normalized spacial score (nSPS) is 23.5. The second-order valence-electron chi connectivity index (χ2n) is 8.41. The molecule has 2 fully saturated rings. The Morgan fingerprint density at radius 2 is 1.71 bits per heavy atom. The molecule has 7 heteroatoms. The van der Waals surface area contributed by atoms with Gasteiger partial charge in [0.25, 0.3) is 0 Å². The summed E-state index contributed by atoms with van der Waals surface area (Å²) >= 11 is 0. The number of hydrogen-bond donors (Lipinski definition) is 0. The zero-order chi connectivity index (χ0) is 20.1. The maximum atomic E-state index is 13.1. The Hall–Kier alpha value is -2.25. The first-order valence-electron chi connectivity index (χ1n) is 9.56. The molecule has 2 aliphatic heterocycles. The van der Waals surface area contributed by atoms with Gasteiger partial charge in [0.2, 0.25) is 5.91 Å². The number of anilines is 1. The van der Waals surface area contributed by atoms with E-state index in [0.29, 0.717) is 18.7 Å². The maximum absolute atomic E-state index is 13.1. The van der Waals surface area contributed by atoms with E-state index in [2.05, 4.69) is 4.98 Å². The van der Waals surface area contributed by atoms with E-state index in [1.54, 1.807) is 11.0 Å². The predicted octanol–water partition coefficient (Wildman–Crippen LogP) is 3.04. The number of carbonyl (C=O) groups excluding carboxylic acids is 1. The van der Waals surface area contributed by atoms with Crippen LogP contribution in [0.5, 0.6) is 0 Å². The van der Waals surface area contributed by atoms with Crippen molar-refractivity contribution in [3.63, 3.8) is 0 Å². The standard InChI is InChI=1S/C21H24BFN2O3/c1-20(2)21(3,4)28-22(27-20)14-5-8-16(9-6-14)25-12-11-17(19(25)26)18-10-7-15(23)13-24-18/h5-10,13,17H,11-12H2,1-4H3. The molecule has 0 radical (unpaired) electrons. The number of halogens is 1. The number of benzene rings is 1. The Balaban J connectivity index is 1.49. The molecule has 0 bridgehead atoms. The fourth-order valence-electron chi connectivity index (χ4n) is 3.59. The summed E-state index contributed by atoms with van der Waals surface area (Å²) in [6.45, 7) is 8.70. The molecule has 2 aliphatic rings. The molecule has 2 aromatic rings. The largest absolute Gasteiger partial charge is 0.494 e. The third kappa shape index (κ3) is 3.23. The zero-order valence-electron chi connectivity index (χ0n) is 16.6. The number of amides is 1. The maximum Gasteiger partial charge on any atom is 0.494 e. The van der Waals surface area contributed by atoms with Gasteiger partial charge in [0.05, 0.1) is 29.0 Å². The molecule has 1 amide bonds. The molecular weight excluding hydrogens is 358 g/mol. The average molecular weight is 382 g/mol. The molecule has 2 saturated heterocycles. The first kappa shape index (κ1) is 19.1. The van der Waals surface area contributed by atoms with Crippen LogP contribution in [0.1, 0.15) is 45.7 Å². The first-order valence-corrected chi connectivity index (χ1v) is 9.56. The van der Waals surface area contributed by atoms with Crippen LogP contribution in [0.15, 0.2) is 42.6 Å². The van der Waals surface area contributed by atoms with Crippen LogP contribution in [0.25, 0.3) is 0 Å². The number of rotatable bonds is 3. The van der Waals surface area contributed by atoms with E-state index in [0.717, 1.165) is 17.3 Å². The number of hydrogen-bond acceptors (Lipinski definition) is 4. The fraction of sp³-hybridized carbons (Fsp3) is 0.429. The summed E-state index contributed by atoms with van der Waals surface area (Å²) in [6.07, 6.45) is 1.82. The second kappa shape index (κ2) is 6.67. The first-order chi connectivity index (χ1) is 13.2. The summed E-state index contributed by atoms with van der Waals surface area (Å²) in [5.74, 6) is -0.741. The summed E-state index contributed by atoms with van der Waals surface area (Å²) < 4.78 is 25.3. The highest BCUT2D eigenvalue weighted by atomic mass is 19.1. The van der Waals surface area contributed by atoms with Gasteiger partial charge in [-0.2, -0.15) is 0 Å². The van der Waals surface area contributed by atoms with E-state index in [-0.39, 0.29) is 11.8 Å². The average Bonchev–Trinajstić information content (AvgIpc) is 3.12. The number of aromatic nitrogens is 1. The van der Waals surface area contributed by atoms with Crippen LogP contribution >= 0.6 is 0 Å². The van der Waals surface area contributed by atoms with E-state index in [9.17, 15) is 9.18 Å². The Bertz CT molecular complexity index is 868. The lowest BCUT2D eigenvalue weighted by atomic mass is 9.79. The molecule has 146 valence electrons. The van der Waals surface area contributed by atoms with Gasteiger partial charge in [0, 0.05) is 12.2 Å². The van der Waals surface area contributed by atoms with Crippen LogP contribution in [-0.4, -0.2) is 35.8 Å². The molecule has 28 heavy (non-hydrogen) atoms. The van der Waals surface area contributed by atoms with Crippen molar-refractivity contribution in [3.8, 4) is 0 Å². The minimum Gasteiger partial charge on any atom is -0.399 e. The van der Waals surface area contributed by atoms with Crippen LogP contribution in [-0.2, 0) is 14.1 Å². The Morgan fingerprint density at radius 1 is 1.07 bits per heavy atom. The van der Waals surface area contributed by atoms with E-state index in [1.807, 2.05) is 52.0 Å². The van der Waals surface area contributed by atoms with Gasteiger partial charge in [-0.15, -0.1) is 0 Å². The van der Waals surface area contributed by atoms with Crippen LogP contribution in [0, 0.1) is 5.82 Å². The Morgan fingerprint density at radius 3 is 2.29 bits per heavy atom. The molecule has 3 heterocycles. The van der Waals surface area contributed by atoms with E-state index in [4.69, 9.17) is 9.31 Å². The molecule has 1 aromatic heterocycles. The van der Waals surface area contributed by atoms with Crippen LogP contribution in [0.2, 0.25) is 0 Å². The van der Waals surface area contributed by atoms with Crippen molar-refractivity contribution >= 4 is 24.2 Å². The quantitative estimate of drug-likeness (QED) is 0.766. The fourth-order valence-corrected chi connectivity index (χ4v) is 3.59. The molecular formula is C21H24BFN2O3. The van der Waals surface area contributed by atoms with Gasteiger partial charge in [0.15, 0.2) is 0 Å². The molecule has 0 N–H and O–H groups in total. The summed E-state index contributed by atoms with van der Waals surface area (Å²) in [6, 6.07) is 10.6. The van der Waals surface area contributed by atoms with Crippen LogP contribution in [0.4, 0.5) is 10.1 Å². The van der Waals surface area contributed by atoms with Crippen molar-refractivity contribution in [2.75, 3.05) is 11.4 Å². The van der Waals surface area contributed by atoms with Crippen molar-refractivity contribution in [2.24, 2.45) is 0 Å². The van der Waals surface area contributed by atoms with Crippen LogP contribution < -0.4 is 10.4 Å². The minimum absolute atomic E-state index is 0.0116. The van der Waals surface area contributed by atoms with Crippen molar-refractivity contribution in [1.29, 1.82) is 0 Å². The monoisotopic (exact) mass is 382 g/mol. The SMILES string of the molecule is CC1(C)OB(c2ccc(N3CCC(c4ccc(F)cn4)C3=O)cc2)OC1(C)C. The van der Waals surface area contributed by atoms with E-state index in [1.165, 1.54) is 6.07 Å². The van der Waals surface area contributed by atoms with Gasteiger partial charge in [-0.1, -0.05) is 12.1 Å². The van der Waals surface area contributed by atoms with Crippen LogP contribution in [0.3, 0.4) is 0 Å². The van der Waals surface area contributed by atoms with Gasteiger partial charge >= 0.3 is 7.12 Å². The van der Waals surface area contributed by atoms with Gasteiger partial charge < -0.3 is 14.2 Å². The molecule has 0 saturated carbocycles. The van der Waals surface area contributed by atoms with Crippen molar-refractivity contribution in [3.05, 3.63) is 54.1 Å². The zero-order valence-corrected chi connectivity index (χ0v) is 16.6. The van der Waals surface area contributed by atoms with Gasteiger partial charge in [-0.25, -0.2) is 4.39 Å². The smallest absolute Gasteiger partial charge is 0.399 e. The number of pyridine rings is 1. The lowest BCUT2D eigenvalue weighted by Gasteiger charge is -2.32. The third-order valence-corrected chi connectivity index (χ3v) is 6.04.